The molecular weight excluding hydrogens is 142 g/mol. The smallest absolute Gasteiger partial charge is 0.335 e. The van der Waals surface area contributed by atoms with Crippen molar-refractivity contribution >= 4 is 0 Å². The predicted molar refractivity (Wildman–Crippen MR) is 41.5 cm³/mol. The summed E-state index contributed by atoms with van der Waals surface area (Å²) in [6.45, 7) is 4.63. The summed E-state index contributed by atoms with van der Waals surface area (Å²) in [5.41, 5.74) is 0. The number of rotatable bonds is 4. The Morgan fingerprint density at radius 2 is 2.27 bits per heavy atom. The van der Waals surface area contributed by atoms with Crippen molar-refractivity contribution in [1.29, 1.82) is 0 Å². The minimum atomic E-state index is 0.455. The molecular formula is C7H13N3O. The summed E-state index contributed by atoms with van der Waals surface area (Å²) in [6, 6.07) is 0.455. The monoisotopic (exact) mass is 155 g/mol. The molecule has 0 bridgehead atoms. The van der Waals surface area contributed by atoms with Gasteiger partial charge in [-0.3, -0.25) is 5.10 Å². The summed E-state index contributed by atoms with van der Waals surface area (Å²) < 4.78 is 5.08. The quantitative estimate of drug-likeness (QED) is 0.709. The number of nitrogens with zero attached hydrogens (tertiary/aromatic N) is 2. The van der Waals surface area contributed by atoms with Gasteiger partial charge < -0.3 is 4.74 Å². The van der Waals surface area contributed by atoms with Crippen LogP contribution in [0.5, 0.6) is 6.01 Å². The summed E-state index contributed by atoms with van der Waals surface area (Å²) in [5, 5.41) is 6.67. The van der Waals surface area contributed by atoms with E-state index in [-0.39, 0.29) is 0 Å². The molecule has 0 saturated carbocycles. The largest absolute Gasteiger partial charge is 0.463 e. The first-order valence-electron chi connectivity index (χ1n) is 3.90. The lowest BCUT2D eigenvalue weighted by atomic mass is 10.3. The van der Waals surface area contributed by atoms with E-state index in [0.717, 1.165) is 18.7 Å². The normalized spacial score (nSPS) is 10.0. The van der Waals surface area contributed by atoms with Gasteiger partial charge in [0.2, 0.25) is 0 Å². The van der Waals surface area contributed by atoms with Gasteiger partial charge in [0.1, 0.15) is 5.82 Å². The van der Waals surface area contributed by atoms with Gasteiger partial charge in [-0.15, -0.1) is 5.10 Å². The minimum Gasteiger partial charge on any atom is -0.463 e. The number of aromatic nitrogens is 3. The van der Waals surface area contributed by atoms with Crippen LogP contribution in [0.15, 0.2) is 0 Å². The van der Waals surface area contributed by atoms with Crippen LogP contribution in [0.1, 0.15) is 26.1 Å². The fraction of sp³-hybridized carbons (Fsp3) is 0.714. The number of nitrogens with one attached hydrogen (secondary N) is 1. The van der Waals surface area contributed by atoms with E-state index in [0.29, 0.717) is 12.6 Å². The van der Waals surface area contributed by atoms with E-state index in [1.165, 1.54) is 0 Å². The third-order valence-electron chi connectivity index (χ3n) is 1.27. The van der Waals surface area contributed by atoms with Gasteiger partial charge in [-0.2, -0.15) is 4.98 Å². The van der Waals surface area contributed by atoms with Crippen LogP contribution in [0.25, 0.3) is 0 Å². The molecule has 1 N–H and O–H groups in total. The van der Waals surface area contributed by atoms with E-state index in [1.807, 2.05) is 6.92 Å². The predicted octanol–water partition coefficient (Wildman–Crippen LogP) is 1.16. The van der Waals surface area contributed by atoms with E-state index >= 15 is 0 Å². The van der Waals surface area contributed by atoms with Crippen LogP contribution < -0.4 is 4.74 Å². The number of H-pyrrole nitrogens is 1. The van der Waals surface area contributed by atoms with Crippen molar-refractivity contribution in [2.45, 2.75) is 26.7 Å². The molecule has 4 heteroatoms. The second kappa shape index (κ2) is 3.95. The van der Waals surface area contributed by atoms with E-state index in [1.54, 1.807) is 0 Å². The molecule has 1 aromatic rings. The highest BCUT2D eigenvalue weighted by atomic mass is 16.5. The zero-order valence-electron chi connectivity index (χ0n) is 6.92. The number of hydrogen-bond acceptors (Lipinski definition) is 3. The Labute approximate surface area is 66.0 Å². The first-order chi connectivity index (χ1) is 5.36. The summed E-state index contributed by atoms with van der Waals surface area (Å²) in [5.74, 6) is 0.899. The maximum Gasteiger partial charge on any atom is 0.335 e. The Kier molecular flexibility index (Phi) is 2.89. The average molecular weight is 155 g/mol. The summed E-state index contributed by atoms with van der Waals surface area (Å²) in [7, 11) is 0. The zero-order chi connectivity index (χ0) is 8.10. The lowest BCUT2D eigenvalue weighted by molar-refractivity contribution is 0.313. The lowest BCUT2D eigenvalue weighted by Gasteiger charge is -1.91. The molecule has 11 heavy (non-hydrogen) atoms. The Morgan fingerprint density at radius 3 is 2.91 bits per heavy atom. The van der Waals surface area contributed by atoms with Crippen LogP contribution in [-0.4, -0.2) is 21.8 Å². The summed E-state index contributed by atoms with van der Waals surface area (Å²) >= 11 is 0. The molecule has 0 amide bonds. The molecule has 0 fully saturated rings. The van der Waals surface area contributed by atoms with E-state index in [9.17, 15) is 0 Å². The molecule has 0 aliphatic heterocycles. The van der Waals surface area contributed by atoms with Gasteiger partial charge in [0.25, 0.3) is 0 Å². The van der Waals surface area contributed by atoms with Crippen molar-refractivity contribution in [3.05, 3.63) is 5.82 Å². The highest BCUT2D eigenvalue weighted by Crippen LogP contribution is 2.02. The van der Waals surface area contributed by atoms with Gasteiger partial charge in [-0.25, -0.2) is 0 Å². The van der Waals surface area contributed by atoms with E-state index in [2.05, 4.69) is 22.1 Å². The Hall–Kier alpha value is -1.06. The Bertz CT molecular complexity index is 189. The van der Waals surface area contributed by atoms with Gasteiger partial charge in [0, 0.05) is 6.42 Å². The number of aromatic amines is 1. The first kappa shape index (κ1) is 8.04. The van der Waals surface area contributed by atoms with Crippen molar-refractivity contribution in [3.8, 4) is 6.01 Å². The van der Waals surface area contributed by atoms with Gasteiger partial charge in [0.05, 0.1) is 6.61 Å². The number of ether oxygens (including phenoxy) is 1. The molecule has 0 spiro atoms. The molecule has 1 rings (SSSR count). The lowest BCUT2D eigenvalue weighted by Crippen LogP contribution is -1.92. The topological polar surface area (TPSA) is 50.8 Å². The average Bonchev–Trinajstić information content (AvgIpc) is 2.38. The highest BCUT2D eigenvalue weighted by molar-refractivity contribution is 4.94. The maximum atomic E-state index is 5.08. The third kappa shape index (κ3) is 2.22. The first-order valence-corrected chi connectivity index (χ1v) is 3.90. The van der Waals surface area contributed by atoms with Gasteiger partial charge in [-0.05, 0) is 13.3 Å². The molecule has 0 aliphatic rings. The fourth-order valence-electron chi connectivity index (χ4n) is 0.820. The highest BCUT2D eigenvalue weighted by Gasteiger charge is 2.00. The van der Waals surface area contributed by atoms with E-state index < -0.39 is 0 Å². The van der Waals surface area contributed by atoms with Crippen molar-refractivity contribution in [3.63, 3.8) is 0 Å². The van der Waals surface area contributed by atoms with Crippen LogP contribution in [-0.2, 0) is 6.42 Å². The standard InChI is InChI=1S/C7H13N3O/c1-3-5-6-8-7(10-9-6)11-4-2/h3-5H2,1-2H3,(H,8,9,10). The maximum absolute atomic E-state index is 5.08. The SMILES string of the molecule is CCCc1nc(OCC)n[nH]1. The van der Waals surface area contributed by atoms with Crippen molar-refractivity contribution in [1.82, 2.24) is 15.2 Å². The molecule has 4 nitrogen and oxygen atoms in total. The Balaban J connectivity index is 2.51. The van der Waals surface area contributed by atoms with Crippen LogP contribution >= 0.6 is 0 Å². The summed E-state index contributed by atoms with van der Waals surface area (Å²) in [4.78, 5) is 4.10. The van der Waals surface area contributed by atoms with Crippen LogP contribution in [0, 0.1) is 0 Å². The molecule has 62 valence electrons. The van der Waals surface area contributed by atoms with Crippen molar-refractivity contribution in [2.24, 2.45) is 0 Å². The third-order valence-corrected chi connectivity index (χ3v) is 1.27. The second-order valence-electron chi connectivity index (χ2n) is 2.25. The van der Waals surface area contributed by atoms with Gasteiger partial charge >= 0.3 is 6.01 Å². The van der Waals surface area contributed by atoms with Crippen molar-refractivity contribution in [2.75, 3.05) is 6.61 Å². The van der Waals surface area contributed by atoms with Crippen LogP contribution in [0.4, 0.5) is 0 Å². The second-order valence-corrected chi connectivity index (χ2v) is 2.25. The molecule has 0 atom stereocenters. The minimum absolute atomic E-state index is 0.455. The molecule has 1 heterocycles. The van der Waals surface area contributed by atoms with Gasteiger partial charge in [-0.1, -0.05) is 6.92 Å². The Morgan fingerprint density at radius 1 is 1.45 bits per heavy atom. The molecule has 0 saturated heterocycles. The molecule has 0 radical (unpaired) electrons. The molecule has 1 aromatic heterocycles. The number of aryl methyl sites for hydroxylation is 1. The van der Waals surface area contributed by atoms with Gasteiger partial charge in [0.15, 0.2) is 0 Å². The van der Waals surface area contributed by atoms with E-state index in [4.69, 9.17) is 4.74 Å². The number of hydrogen-bond donors (Lipinski definition) is 1. The van der Waals surface area contributed by atoms with Crippen LogP contribution in [0.2, 0.25) is 0 Å². The zero-order valence-corrected chi connectivity index (χ0v) is 6.92. The molecule has 0 aromatic carbocycles. The van der Waals surface area contributed by atoms with Crippen LogP contribution in [0.3, 0.4) is 0 Å². The molecule has 0 unspecified atom stereocenters. The molecule has 0 aliphatic carbocycles. The van der Waals surface area contributed by atoms with Crippen molar-refractivity contribution < 1.29 is 4.74 Å². The fourth-order valence-corrected chi connectivity index (χ4v) is 0.820. The summed E-state index contributed by atoms with van der Waals surface area (Å²) in [6.07, 6.45) is 2.00.